The Bertz CT molecular complexity index is 325. The summed E-state index contributed by atoms with van der Waals surface area (Å²) >= 11 is 0. The van der Waals surface area contributed by atoms with E-state index in [0.717, 1.165) is 18.7 Å². The topological polar surface area (TPSA) is 35.8 Å². The van der Waals surface area contributed by atoms with Gasteiger partial charge in [0.2, 0.25) is 0 Å². The molecule has 0 heterocycles. The molecule has 0 bridgehead atoms. The average molecular weight is 188 g/mol. The normalized spacial score (nSPS) is 11.8. The summed E-state index contributed by atoms with van der Waals surface area (Å²) in [5, 5.41) is 12.0. The lowest BCUT2D eigenvalue weighted by molar-refractivity contribution is 0.674. The molecule has 0 saturated heterocycles. The number of nitrogens with zero attached hydrogens (tertiary/aromatic N) is 1. The molecule has 1 atom stereocenters. The molecule has 0 radical (unpaired) electrons. The van der Waals surface area contributed by atoms with Crippen LogP contribution in [0.2, 0.25) is 0 Å². The molecule has 1 unspecified atom stereocenters. The molecule has 0 aromatic heterocycles. The first kappa shape index (κ1) is 10.6. The van der Waals surface area contributed by atoms with Crippen molar-refractivity contribution in [3.8, 4) is 6.07 Å². The number of nitrogens with one attached hydrogen (secondary N) is 1. The van der Waals surface area contributed by atoms with Crippen LogP contribution in [0, 0.1) is 24.2 Å². The van der Waals surface area contributed by atoms with Crippen LogP contribution in [0.5, 0.6) is 0 Å². The number of hydrogen-bond donors (Lipinski definition) is 1. The molecule has 0 aliphatic heterocycles. The first-order valence-electron chi connectivity index (χ1n) is 4.96. The van der Waals surface area contributed by atoms with Crippen molar-refractivity contribution in [1.29, 1.82) is 5.26 Å². The van der Waals surface area contributed by atoms with Crippen LogP contribution in [0.15, 0.2) is 24.3 Å². The van der Waals surface area contributed by atoms with Crippen LogP contribution in [-0.4, -0.2) is 6.54 Å². The standard InChI is InChI=1S/C12H16N2/c1-3-11(8-13)9-14-12-6-4-5-10(2)7-12/h4-7,11,14H,3,9H2,1-2H3. The zero-order valence-electron chi connectivity index (χ0n) is 8.75. The number of anilines is 1. The molecule has 1 rings (SSSR count). The highest BCUT2D eigenvalue weighted by molar-refractivity contribution is 5.45. The van der Waals surface area contributed by atoms with E-state index in [1.54, 1.807) is 0 Å². The smallest absolute Gasteiger partial charge is 0.0674 e. The summed E-state index contributed by atoms with van der Waals surface area (Å²) in [5.74, 6) is 0.107. The summed E-state index contributed by atoms with van der Waals surface area (Å²) < 4.78 is 0. The third-order valence-corrected chi connectivity index (χ3v) is 2.25. The molecule has 2 heteroatoms. The van der Waals surface area contributed by atoms with Gasteiger partial charge in [0.1, 0.15) is 0 Å². The fraction of sp³-hybridized carbons (Fsp3) is 0.417. The molecule has 0 fully saturated rings. The van der Waals surface area contributed by atoms with Crippen molar-refractivity contribution in [2.45, 2.75) is 20.3 Å². The molecule has 74 valence electrons. The van der Waals surface area contributed by atoms with Gasteiger partial charge in [-0.05, 0) is 31.0 Å². The van der Waals surface area contributed by atoms with Gasteiger partial charge in [0, 0.05) is 12.2 Å². The molecule has 14 heavy (non-hydrogen) atoms. The minimum Gasteiger partial charge on any atom is -0.384 e. The highest BCUT2D eigenvalue weighted by Crippen LogP contribution is 2.10. The van der Waals surface area contributed by atoms with Crippen molar-refractivity contribution in [2.75, 3.05) is 11.9 Å². The quantitative estimate of drug-likeness (QED) is 0.788. The lowest BCUT2D eigenvalue weighted by atomic mass is 10.1. The maximum Gasteiger partial charge on any atom is 0.0674 e. The molecule has 0 spiro atoms. The second-order valence-corrected chi connectivity index (χ2v) is 3.48. The Balaban J connectivity index is 2.50. The molecule has 1 N–H and O–H groups in total. The Hall–Kier alpha value is -1.49. The number of benzene rings is 1. The van der Waals surface area contributed by atoms with Gasteiger partial charge in [-0.25, -0.2) is 0 Å². The minimum atomic E-state index is 0.107. The molecular formula is C12H16N2. The highest BCUT2D eigenvalue weighted by atomic mass is 14.9. The van der Waals surface area contributed by atoms with E-state index in [4.69, 9.17) is 5.26 Å². The Morgan fingerprint density at radius 3 is 2.86 bits per heavy atom. The number of rotatable bonds is 4. The maximum absolute atomic E-state index is 8.77. The minimum absolute atomic E-state index is 0.107. The van der Waals surface area contributed by atoms with Crippen molar-refractivity contribution >= 4 is 5.69 Å². The summed E-state index contributed by atoms with van der Waals surface area (Å²) in [4.78, 5) is 0. The molecule has 0 aliphatic rings. The van der Waals surface area contributed by atoms with E-state index < -0.39 is 0 Å². The van der Waals surface area contributed by atoms with E-state index in [9.17, 15) is 0 Å². The fourth-order valence-corrected chi connectivity index (χ4v) is 1.28. The van der Waals surface area contributed by atoms with Crippen LogP contribution >= 0.6 is 0 Å². The fourth-order valence-electron chi connectivity index (χ4n) is 1.28. The maximum atomic E-state index is 8.77. The predicted molar refractivity (Wildman–Crippen MR) is 59.1 cm³/mol. The van der Waals surface area contributed by atoms with E-state index in [1.807, 2.05) is 19.1 Å². The van der Waals surface area contributed by atoms with Crippen LogP contribution in [-0.2, 0) is 0 Å². The zero-order valence-corrected chi connectivity index (χ0v) is 8.75. The number of hydrogen-bond acceptors (Lipinski definition) is 2. The van der Waals surface area contributed by atoms with Gasteiger partial charge in [-0.3, -0.25) is 0 Å². The van der Waals surface area contributed by atoms with E-state index >= 15 is 0 Å². The van der Waals surface area contributed by atoms with Crippen LogP contribution < -0.4 is 5.32 Å². The molecule has 1 aromatic carbocycles. The molecule has 2 nitrogen and oxygen atoms in total. The second-order valence-electron chi connectivity index (χ2n) is 3.48. The largest absolute Gasteiger partial charge is 0.384 e. The summed E-state index contributed by atoms with van der Waals surface area (Å²) in [6.07, 6.45) is 0.898. The molecule has 1 aromatic rings. The first-order chi connectivity index (χ1) is 6.76. The van der Waals surface area contributed by atoms with E-state index in [1.165, 1.54) is 5.56 Å². The summed E-state index contributed by atoms with van der Waals surface area (Å²) in [5.41, 5.74) is 2.33. The first-order valence-corrected chi connectivity index (χ1v) is 4.96. The molecule has 0 amide bonds. The third-order valence-electron chi connectivity index (χ3n) is 2.25. The third kappa shape index (κ3) is 3.10. The van der Waals surface area contributed by atoms with E-state index in [0.29, 0.717) is 0 Å². The van der Waals surface area contributed by atoms with Gasteiger partial charge in [-0.2, -0.15) is 5.26 Å². The monoisotopic (exact) mass is 188 g/mol. The molecule has 0 saturated carbocycles. The second kappa shape index (κ2) is 5.29. The summed E-state index contributed by atoms with van der Waals surface area (Å²) in [6.45, 7) is 4.83. The Morgan fingerprint density at radius 1 is 1.50 bits per heavy atom. The highest BCUT2D eigenvalue weighted by Gasteiger charge is 2.02. The van der Waals surface area contributed by atoms with E-state index in [2.05, 4.69) is 30.4 Å². The summed E-state index contributed by atoms with van der Waals surface area (Å²) in [7, 11) is 0. The van der Waals surface area contributed by atoms with Gasteiger partial charge >= 0.3 is 0 Å². The Morgan fingerprint density at radius 2 is 2.29 bits per heavy atom. The molecule has 0 aliphatic carbocycles. The summed E-state index contributed by atoms with van der Waals surface area (Å²) in [6, 6.07) is 10.5. The van der Waals surface area contributed by atoms with Gasteiger partial charge in [-0.1, -0.05) is 19.1 Å². The van der Waals surface area contributed by atoms with Crippen molar-refractivity contribution in [3.63, 3.8) is 0 Å². The Labute approximate surface area is 85.6 Å². The van der Waals surface area contributed by atoms with Crippen LogP contribution in [0.1, 0.15) is 18.9 Å². The van der Waals surface area contributed by atoms with Crippen LogP contribution in [0.25, 0.3) is 0 Å². The SMILES string of the molecule is CCC(C#N)CNc1cccc(C)c1. The van der Waals surface area contributed by atoms with Crippen molar-refractivity contribution < 1.29 is 0 Å². The van der Waals surface area contributed by atoms with Gasteiger partial charge in [0.05, 0.1) is 12.0 Å². The average Bonchev–Trinajstić information content (AvgIpc) is 2.19. The van der Waals surface area contributed by atoms with E-state index in [-0.39, 0.29) is 5.92 Å². The Kier molecular flexibility index (Phi) is 4.00. The number of aryl methyl sites for hydroxylation is 1. The van der Waals surface area contributed by atoms with Crippen molar-refractivity contribution in [1.82, 2.24) is 0 Å². The lowest BCUT2D eigenvalue weighted by Crippen LogP contribution is -2.11. The number of nitriles is 1. The predicted octanol–water partition coefficient (Wildman–Crippen LogP) is 2.96. The van der Waals surface area contributed by atoms with Crippen molar-refractivity contribution in [2.24, 2.45) is 5.92 Å². The van der Waals surface area contributed by atoms with Crippen LogP contribution in [0.4, 0.5) is 5.69 Å². The lowest BCUT2D eigenvalue weighted by Gasteiger charge is -2.09. The molecular weight excluding hydrogens is 172 g/mol. The van der Waals surface area contributed by atoms with Gasteiger partial charge < -0.3 is 5.32 Å². The van der Waals surface area contributed by atoms with Gasteiger partial charge in [0.15, 0.2) is 0 Å². The van der Waals surface area contributed by atoms with Gasteiger partial charge in [-0.15, -0.1) is 0 Å². The zero-order chi connectivity index (χ0) is 10.4. The van der Waals surface area contributed by atoms with Crippen LogP contribution in [0.3, 0.4) is 0 Å². The van der Waals surface area contributed by atoms with Gasteiger partial charge in [0.25, 0.3) is 0 Å². The van der Waals surface area contributed by atoms with Crippen molar-refractivity contribution in [3.05, 3.63) is 29.8 Å².